The molecule has 72 valence electrons. The maximum atomic E-state index is 11.3. The third-order valence-electron chi connectivity index (χ3n) is 2.31. The van der Waals surface area contributed by atoms with Gasteiger partial charge < -0.3 is 10.4 Å². The predicted octanol–water partition coefficient (Wildman–Crippen LogP) is 1.18. The van der Waals surface area contributed by atoms with Crippen LogP contribution < -0.4 is 5.32 Å². The highest BCUT2D eigenvalue weighted by molar-refractivity contribution is 5.88. The summed E-state index contributed by atoms with van der Waals surface area (Å²) in [5.74, 6) is 0.192. The molecule has 0 radical (unpaired) electrons. The Labute approximate surface area is 76.6 Å². The Bertz CT molecular complexity index is 237. The number of Topliss-reactive ketones (excluding diaryl/α,β-unsaturated/α-hetero) is 1. The van der Waals surface area contributed by atoms with E-state index in [1.165, 1.54) is 0 Å². The highest BCUT2D eigenvalue weighted by atomic mass is 16.4. The molecule has 0 aromatic heterocycles. The molecule has 0 spiro atoms. The first-order valence-corrected chi connectivity index (χ1v) is 4.28. The fraction of sp³-hybridized carbons (Fsp3) is 0.556. The number of hydrogen-bond donors (Lipinski definition) is 2. The van der Waals surface area contributed by atoms with Gasteiger partial charge in [-0.15, -0.1) is 6.58 Å². The number of amides is 1. The second-order valence-electron chi connectivity index (χ2n) is 3.25. The van der Waals surface area contributed by atoms with E-state index in [4.69, 9.17) is 5.11 Å². The van der Waals surface area contributed by atoms with Gasteiger partial charge in [0.1, 0.15) is 0 Å². The molecule has 0 heterocycles. The van der Waals surface area contributed by atoms with E-state index in [2.05, 4.69) is 11.9 Å². The normalized spacial score (nSPS) is 28.2. The van der Waals surface area contributed by atoms with E-state index in [1.807, 2.05) is 0 Å². The number of carbonyl (C=O) groups is 2. The number of ketones is 1. The van der Waals surface area contributed by atoms with Crippen molar-refractivity contribution in [3.05, 3.63) is 12.7 Å². The van der Waals surface area contributed by atoms with Gasteiger partial charge in [-0.25, -0.2) is 4.79 Å². The van der Waals surface area contributed by atoms with Gasteiger partial charge in [-0.05, 0) is 18.8 Å². The third-order valence-corrected chi connectivity index (χ3v) is 2.31. The van der Waals surface area contributed by atoms with Gasteiger partial charge in [0.05, 0.1) is 6.04 Å². The molecule has 1 aliphatic rings. The van der Waals surface area contributed by atoms with E-state index in [1.54, 1.807) is 6.08 Å². The van der Waals surface area contributed by atoms with Crippen LogP contribution >= 0.6 is 0 Å². The van der Waals surface area contributed by atoms with E-state index in [9.17, 15) is 9.59 Å². The molecule has 0 aliphatic heterocycles. The molecule has 4 nitrogen and oxygen atoms in total. The molecular formula is C9H13NO3. The van der Waals surface area contributed by atoms with Crippen LogP contribution in [0.1, 0.15) is 19.3 Å². The molecule has 0 aromatic carbocycles. The Morgan fingerprint density at radius 2 is 2.31 bits per heavy atom. The van der Waals surface area contributed by atoms with Crippen molar-refractivity contribution in [3.63, 3.8) is 0 Å². The molecule has 1 rings (SSSR count). The molecule has 4 heteroatoms. The van der Waals surface area contributed by atoms with Gasteiger partial charge in [0.2, 0.25) is 0 Å². The second kappa shape index (κ2) is 4.07. The first-order chi connectivity index (χ1) is 6.13. The Kier molecular flexibility index (Phi) is 3.06. The Morgan fingerprint density at radius 3 is 2.77 bits per heavy atom. The Morgan fingerprint density at radius 1 is 1.62 bits per heavy atom. The van der Waals surface area contributed by atoms with Gasteiger partial charge >= 0.3 is 6.09 Å². The summed E-state index contributed by atoms with van der Waals surface area (Å²) in [7, 11) is 0. The Hall–Kier alpha value is -1.32. The molecule has 1 fully saturated rings. The molecule has 13 heavy (non-hydrogen) atoms. The minimum absolute atomic E-state index is 0.0291. The molecule has 2 atom stereocenters. The molecule has 0 bridgehead atoms. The van der Waals surface area contributed by atoms with Gasteiger partial charge in [0.25, 0.3) is 0 Å². The monoisotopic (exact) mass is 183 g/mol. The number of nitrogens with one attached hydrogen (secondary N) is 1. The molecule has 1 aliphatic carbocycles. The standard InChI is InChI=1S/C9H13NO3/c1-2-6-3-4-7(8(11)5-6)10-9(12)13/h2,6-7,10H,1,3-5H2,(H,12,13). The second-order valence-corrected chi connectivity index (χ2v) is 3.25. The molecule has 1 saturated carbocycles. The first-order valence-electron chi connectivity index (χ1n) is 4.28. The van der Waals surface area contributed by atoms with Crippen molar-refractivity contribution in [1.29, 1.82) is 0 Å². The summed E-state index contributed by atoms with van der Waals surface area (Å²) < 4.78 is 0. The molecule has 2 unspecified atom stereocenters. The van der Waals surface area contributed by atoms with Crippen molar-refractivity contribution in [2.45, 2.75) is 25.3 Å². The molecule has 0 aromatic rings. The van der Waals surface area contributed by atoms with Gasteiger partial charge in [-0.3, -0.25) is 4.79 Å². The summed E-state index contributed by atoms with van der Waals surface area (Å²) in [5.41, 5.74) is 0. The van der Waals surface area contributed by atoms with Crippen LogP contribution in [0, 0.1) is 5.92 Å². The van der Waals surface area contributed by atoms with E-state index < -0.39 is 12.1 Å². The van der Waals surface area contributed by atoms with Crippen LogP contribution in [0.4, 0.5) is 4.79 Å². The van der Waals surface area contributed by atoms with Crippen molar-refractivity contribution in [3.8, 4) is 0 Å². The quantitative estimate of drug-likeness (QED) is 0.632. The fourth-order valence-corrected chi connectivity index (χ4v) is 1.55. The zero-order chi connectivity index (χ0) is 9.84. The van der Waals surface area contributed by atoms with Crippen molar-refractivity contribution in [2.24, 2.45) is 5.92 Å². The van der Waals surface area contributed by atoms with Gasteiger partial charge in [0, 0.05) is 6.42 Å². The lowest BCUT2D eigenvalue weighted by Crippen LogP contribution is -2.43. The van der Waals surface area contributed by atoms with E-state index in [0.29, 0.717) is 12.8 Å². The van der Waals surface area contributed by atoms with Crippen LogP contribution in [0.15, 0.2) is 12.7 Å². The van der Waals surface area contributed by atoms with E-state index in [-0.39, 0.29) is 11.7 Å². The summed E-state index contributed by atoms with van der Waals surface area (Å²) in [4.78, 5) is 21.6. The van der Waals surface area contributed by atoms with Crippen LogP contribution in [-0.2, 0) is 4.79 Å². The molecular weight excluding hydrogens is 170 g/mol. The zero-order valence-electron chi connectivity index (χ0n) is 7.32. The van der Waals surface area contributed by atoms with Gasteiger partial charge in [-0.1, -0.05) is 6.08 Å². The average molecular weight is 183 g/mol. The summed E-state index contributed by atoms with van der Waals surface area (Å²) >= 11 is 0. The van der Waals surface area contributed by atoms with Crippen molar-refractivity contribution in [2.75, 3.05) is 0 Å². The molecule has 0 saturated heterocycles. The zero-order valence-corrected chi connectivity index (χ0v) is 7.32. The minimum Gasteiger partial charge on any atom is -0.465 e. The summed E-state index contributed by atoms with van der Waals surface area (Å²) in [6, 6.07) is -0.506. The van der Waals surface area contributed by atoms with Crippen molar-refractivity contribution in [1.82, 2.24) is 5.32 Å². The van der Waals surface area contributed by atoms with Crippen LogP contribution in [-0.4, -0.2) is 23.0 Å². The van der Waals surface area contributed by atoms with Crippen molar-refractivity contribution >= 4 is 11.9 Å². The van der Waals surface area contributed by atoms with Gasteiger partial charge in [-0.2, -0.15) is 0 Å². The number of allylic oxidation sites excluding steroid dienone is 1. The number of carboxylic acid groups (broad SMARTS) is 1. The molecule has 1 amide bonds. The lowest BCUT2D eigenvalue weighted by Gasteiger charge is -2.24. The Balaban J connectivity index is 2.48. The smallest absolute Gasteiger partial charge is 0.405 e. The SMILES string of the molecule is C=CC1CCC(NC(=O)O)C(=O)C1. The molecule has 2 N–H and O–H groups in total. The number of rotatable bonds is 2. The maximum absolute atomic E-state index is 11.3. The lowest BCUT2D eigenvalue weighted by atomic mass is 9.85. The number of hydrogen-bond acceptors (Lipinski definition) is 2. The topological polar surface area (TPSA) is 66.4 Å². The van der Waals surface area contributed by atoms with Crippen LogP contribution in [0.25, 0.3) is 0 Å². The summed E-state index contributed by atoms with van der Waals surface area (Å²) in [6.07, 6.45) is 2.46. The minimum atomic E-state index is -1.13. The largest absolute Gasteiger partial charge is 0.465 e. The maximum Gasteiger partial charge on any atom is 0.405 e. The van der Waals surface area contributed by atoms with E-state index >= 15 is 0 Å². The highest BCUT2D eigenvalue weighted by Gasteiger charge is 2.27. The number of carbonyl (C=O) groups excluding carboxylic acids is 1. The fourth-order valence-electron chi connectivity index (χ4n) is 1.55. The highest BCUT2D eigenvalue weighted by Crippen LogP contribution is 2.22. The first kappa shape index (κ1) is 9.77. The van der Waals surface area contributed by atoms with Gasteiger partial charge in [0.15, 0.2) is 5.78 Å². The van der Waals surface area contributed by atoms with Crippen LogP contribution in [0.2, 0.25) is 0 Å². The van der Waals surface area contributed by atoms with Crippen LogP contribution in [0.5, 0.6) is 0 Å². The van der Waals surface area contributed by atoms with E-state index in [0.717, 1.165) is 6.42 Å². The third kappa shape index (κ3) is 2.57. The lowest BCUT2D eigenvalue weighted by molar-refractivity contribution is -0.123. The average Bonchev–Trinajstić information content (AvgIpc) is 2.08. The summed E-state index contributed by atoms with van der Waals surface area (Å²) in [6.45, 7) is 3.62. The van der Waals surface area contributed by atoms with Crippen LogP contribution in [0.3, 0.4) is 0 Å². The summed E-state index contributed by atoms with van der Waals surface area (Å²) in [5, 5.41) is 10.6. The predicted molar refractivity (Wildman–Crippen MR) is 47.5 cm³/mol. The van der Waals surface area contributed by atoms with Crippen molar-refractivity contribution < 1.29 is 14.7 Å².